The zero-order valence-corrected chi connectivity index (χ0v) is 11.8. The Labute approximate surface area is 105 Å². The molecular weight excluding hydrogens is 216 g/mol. The van der Waals surface area contributed by atoms with Crippen molar-refractivity contribution in [3.8, 4) is 0 Å². The molecule has 4 heteroatoms. The Hall–Kier alpha value is -0.770. The van der Waals surface area contributed by atoms with E-state index in [-0.39, 0.29) is 24.1 Å². The van der Waals surface area contributed by atoms with E-state index in [0.29, 0.717) is 18.9 Å². The van der Waals surface area contributed by atoms with E-state index in [4.69, 9.17) is 5.11 Å². The van der Waals surface area contributed by atoms with Crippen molar-refractivity contribution in [1.82, 2.24) is 10.6 Å². The number of aliphatic hydroxyl groups is 1. The summed E-state index contributed by atoms with van der Waals surface area (Å²) in [6, 6.07) is 0.0600. The molecule has 0 saturated heterocycles. The topological polar surface area (TPSA) is 61.4 Å². The van der Waals surface area contributed by atoms with Gasteiger partial charge in [-0.15, -0.1) is 0 Å². The lowest BCUT2D eigenvalue weighted by atomic mass is 9.90. The molecule has 3 N–H and O–H groups in total. The average Bonchev–Trinajstić information content (AvgIpc) is 2.25. The van der Waals surface area contributed by atoms with Gasteiger partial charge in [-0.25, -0.2) is 4.79 Å². The van der Waals surface area contributed by atoms with Crippen molar-refractivity contribution in [2.24, 2.45) is 11.3 Å². The third-order valence-corrected chi connectivity index (χ3v) is 3.37. The lowest BCUT2D eigenvalue weighted by molar-refractivity contribution is 0.199. The van der Waals surface area contributed by atoms with Crippen molar-refractivity contribution in [1.29, 1.82) is 0 Å². The van der Waals surface area contributed by atoms with Crippen LogP contribution in [0.15, 0.2) is 0 Å². The number of hydrogen-bond donors (Lipinski definition) is 3. The quantitative estimate of drug-likeness (QED) is 0.642. The molecule has 4 nitrogen and oxygen atoms in total. The van der Waals surface area contributed by atoms with Crippen LogP contribution in [0, 0.1) is 11.3 Å². The number of nitrogens with one attached hydrogen (secondary N) is 2. The van der Waals surface area contributed by atoms with Gasteiger partial charge in [0, 0.05) is 19.2 Å². The highest BCUT2D eigenvalue weighted by Gasteiger charge is 2.19. The summed E-state index contributed by atoms with van der Waals surface area (Å²) in [5, 5.41) is 14.7. The van der Waals surface area contributed by atoms with E-state index in [1.807, 2.05) is 20.8 Å². The van der Waals surface area contributed by atoms with Crippen molar-refractivity contribution < 1.29 is 9.90 Å². The predicted molar refractivity (Wildman–Crippen MR) is 70.9 cm³/mol. The number of urea groups is 1. The minimum atomic E-state index is -0.121. The van der Waals surface area contributed by atoms with E-state index in [0.717, 1.165) is 6.42 Å². The predicted octanol–water partition coefficient (Wildman–Crippen LogP) is 2.13. The summed E-state index contributed by atoms with van der Waals surface area (Å²) in [7, 11) is 0. The molecule has 0 bridgehead atoms. The summed E-state index contributed by atoms with van der Waals surface area (Å²) in [5.41, 5.74) is -0.0638. The van der Waals surface area contributed by atoms with Gasteiger partial charge in [0.1, 0.15) is 0 Å². The number of carbonyl (C=O) groups is 1. The van der Waals surface area contributed by atoms with Gasteiger partial charge in [-0.3, -0.25) is 0 Å². The molecule has 0 aliphatic carbocycles. The van der Waals surface area contributed by atoms with Crippen molar-refractivity contribution >= 4 is 6.03 Å². The van der Waals surface area contributed by atoms with E-state index in [2.05, 4.69) is 24.5 Å². The molecule has 0 aromatic rings. The first-order chi connectivity index (χ1) is 7.82. The summed E-state index contributed by atoms with van der Waals surface area (Å²) < 4.78 is 0. The Kier molecular flexibility index (Phi) is 7.19. The van der Waals surface area contributed by atoms with Crippen molar-refractivity contribution in [2.45, 2.75) is 53.5 Å². The van der Waals surface area contributed by atoms with Gasteiger partial charge in [-0.2, -0.15) is 0 Å². The van der Waals surface area contributed by atoms with Gasteiger partial charge in [-0.1, -0.05) is 34.1 Å². The highest BCUT2D eigenvalue weighted by atomic mass is 16.3. The molecule has 102 valence electrons. The van der Waals surface area contributed by atoms with Crippen LogP contribution in [0.5, 0.6) is 0 Å². The van der Waals surface area contributed by atoms with Crippen molar-refractivity contribution in [3.63, 3.8) is 0 Å². The van der Waals surface area contributed by atoms with E-state index in [1.165, 1.54) is 0 Å². The molecule has 17 heavy (non-hydrogen) atoms. The first-order valence-corrected chi connectivity index (χ1v) is 6.47. The minimum absolute atomic E-state index is 0.0638. The molecule has 0 heterocycles. The summed E-state index contributed by atoms with van der Waals surface area (Å²) in [6.45, 7) is 11.0. The van der Waals surface area contributed by atoms with E-state index >= 15 is 0 Å². The fourth-order valence-electron chi connectivity index (χ4n) is 1.46. The first-order valence-electron chi connectivity index (χ1n) is 6.47. The molecule has 2 unspecified atom stereocenters. The van der Waals surface area contributed by atoms with Gasteiger partial charge in [-0.05, 0) is 24.7 Å². The van der Waals surface area contributed by atoms with Crippen LogP contribution in [0.25, 0.3) is 0 Å². The third kappa shape index (κ3) is 7.21. The maximum atomic E-state index is 11.6. The summed E-state index contributed by atoms with van der Waals surface area (Å²) in [6.07, 6.45) is 1.74. The first kappa shape index (κ1) is 16.2. The SMILES string of the molecule is CCC(C)C(C)NC(=O)NCC(C)(C)CCO. The summed E-state index contributed by atoms with van der Waals surface area (Å²) in [4.78, 5) is 11.6. The van der Waals surface area contributed by atoms with Gasteiger partial charge < -0.3 is 15.7 Å². The third-order valence-electron chi connectivity index (χ3n) is 3.37. The maximum absolute atomic E-state index is 11.6. The van der Waals surface area contributed by atoms with Gasteiger partial charge in [0.15, 0.2) is 0 Å². The van der Waals surface area contributed by atoms with Gasteiger partial charge in [0.25, 0.3) is 0 Å². The molecule has 0 fully saturated rings. The lowest BCUT2D eigenvalue weighted by Crippen LogP contribution is -2.46. The number of rotatable bonds is 7. The van der Waals surface area contributed by atoms with Gasteiger partial charge in [0.05, 0.1) is 0 Å². The Morgan fingerprint density at radius 2 is 1.94 bits per heavy atom. The van der Waals surface area contributed by atoms with Gasteiger partial charge >= 0.3 is 6.03 Å². The molecule has 0 aliphatic heterocycles. The molecule has 0 spiro atoms. The normalized spacial score (nSPS) is 15.2. The number of carbonyl (C=O) groups excluding carboxylic acids is 1. The second-order valence-electron chi connectivity index (χ2n) is 5.64. The summed E-state index contributed by atoms with van der Waals surface area (Å²) >= 11 is 0. The average molecular weight is 244 g/mol. The standard InChI is InChI=1S/C13H28N2O2/c1-6-10(2)11(3)15-12(17)14-9-13(4,5)7-8-16/h10-11,16H,6-9H2,1-5H3,(H2,14,15,17). The zero-order chi connectivity index (χ0) is 13.5. The van der Waals surface area contributed by atoms with Crippen LogP contribution in [0.2, 0.25) is 0 Å². The van der Waals surface area contributed by atoms with Gasteiger partial charge in [0.2, 0.25) is 0 Å². The van der Waals surface area contributed by atoms with Crippen molar-refractivity contribution in [3.05, 3.63) is 0 Å². The van der Waals surface area contributed by atoms with Crippen LogP contribution in [0.4, 0.5) is 4.79 Å². The Morgan fingerprint density at radius 3 is 2.41 bits per heavy atom. The van der Waals surface area contributed by atoms with Crippen LogP contribution < -0.4 is 10.6 Å². The van der Waals surface area contributed by atoms with E-state index in [1.54, 1.807) is 0 Å². The van der Waals surface area contributed by atoms with Crippen molar-refractivity contribution in [2.75, 3.05) is 13.2 Å². The van der Waals surface area contributed by atoms with Crippen LogP contribution in [0.1, 0.15) is 47.5 Å². The molecule has 0 saturated carbocycles. The maximum Gasteiger partial charge on any atom is 0.315 e. The lowest BCUT2D eigenvalue weighted by Gasteiger charge is -2.25. The number of aliphatic hydroxyl groups excluding tert-OH is 1. The summed E-state index contributed by atoms with van der Waals surface area (Å²) in [5.74, 6) is 0.478. The molecule has 2 atom stereocenters. The highest BCUT2D eigenvalue weighted by Crippen LogP contribution is 2.17. The molecule has 2 amide bonds. The zero-order valence-electron chi connectivity index (χ0n) is 11.8. The fraction of sp³-hybridized carbons (Fsp3) is 0.923. The Bertz CT molecular complexity index is 229. The second kappa shape index (κ2) is 7.54. The van der Waals surface area contributed by atoms with Crippen LogP contribution in [0.3, 0.4) is 0 Å². The Morgan fingerprint density at radius 1 is 1.35 bits per heavy atom. The molecule has 0 radical (unpaired) electrons. The number of amides is 2. The van der Waals surface area contributed by atoms with Crippen LogP contribution in [-0.2, 0) is 0 Å². The highest BCUT2D eigenvalue weighted by molar-refractivity contribution is 5.74. The smallest absolute Gasteiger partial charge is 0.315 e. The van der Waals surface area contributed by atoms with E-state index in [9.17, 15) is 4.79 Å². The molecular formula is C13H28N2O2. The Balaban J connectivity index is 3.95. The number of hydrogen-bond acceptors (Lipinski definition) is 2. The minimum Gasteiger partial charge on any atom is -0.396 e. The molecule has 0 aromatic heterocycles. The molecule has 0 aliphatic rings. The molecule has 0 aromatic carbocycles. The fourth-order valence-corrected chi connectivity index (χ4v) is 1.46. The van der Waals surface area contributed by atoms with Crippen LogP contribution >= 0.6 is 0 Å². The second-order valence-corrected chi connectivity index (χ2v) is 5.64. The van der Waals surface area contributed by atoms with Crippen LogP contribution in [-0.4, -0.2) is 30.3 Å². The molecule has 0 rings (SSSR count). The van der Waals surface area contributed by atoms with E-state index < -0.39 is 0 Å². The largest absolute Gasteiger partial charge is 0.396 e. The monoisotopic (exact) mass is 244 g/mol.